The molecule has 2 saturated heterocycles. The van der Waals surface area contributed by atoms with E-state index in [1.165, 1.54) is 12.8 Å². The van der Waals surface area contributed by atoms with Gasteiger partial charge in [-0.05, 0) is 45.1 Å². The van der Waals surface area contributed by atoms with E-state index in [2.05, 4.69) is 35.9 Å². The zero-order valence-corrected chi connectivity index (χ0v) is 20.1. The minimum atomic E-state index is -0.0485. The van der Waals surface area contributed by atoms with Gasteiger partial charge in [0, 0.05) is 44.2 Å². The Hall–Kier alpha value is -1.86. The lowest BCUT2D eigenvalue weighted by Gasteiger charge is -2.55. The third kappa shape index (κ3) is 4.53. The highest BCUT2D eigenvalue weighted by atomic mass is 35.5. The van der Waals surface area contributed by atoms with Crippen LogP contribution in [0, 0.1) is 17.8 Å². The predicted octanol–water partition coefficient (Wildman–Crippen LogP) is 4.49. The highest BCUT2D eigenvalue weighted by Gasteiger charge is 2.47. The molecule has 2 aliphatic heterocycles. The van der Waals surface area contributed by atoms with Crippen LogP contribution in [0.2, 0.25) is 5.15 Å². The molecule has 0 N–H and O–H groups in total. The number of rotatable bonds is 5. The number of aromatic nitrogens is 3. The molecule has 4 heterocycles. The molecule has 170 valence electrons. The number of carbonyl (C=O) groups excluding carboxylic acids is 1. The van der Waals surface area contributed by atoms with E-state index in [1.54, 1.807) is 10.7 Å². The molecule has 2 aromatic rings. The molecule has 0 aromatic carbocycles. The maximum Gasteiger partial charge on any atom is 0.259 e. The van der Waals surface area contributed by atoms with Gasteiger partial charge in [0.25, 0.3) is 5.91 Å². The summed E-state index contributed by atoms with van der Waals surface area (Å²) >= 11 is 6.61. The molecule has 4 rings (SSSR count). The van der Waals surface area contributed by atoms with Crippen molar-refractivity contribution in [1.82, 2.24) is 24.7 Å². The average molecular weight is 448 g/mol. The number of nitrogens with zero attached hydrogens (tertiary/aromatic N) is 5. The van der Waals surface area contributed by atoms with E-state index < -0.39 is 0 Å². The Morgan fingerprint density at radius 1 is 1.29 bits per heavy atom. The molecule has 0 aliphatic carbocycles. The fourth-order valence-corrected chi connectivity index (χ4v) is 5.18. The molecule has 1 spiro atoms. The first-order chi connectivity index (χ1) is 14.6. The molecule has 0 atom stereocenters. The van der Waals surface area contributed by atoms with Crippen molar-refractivity contribution in [3.05, 3.63) is 22.5 Å². The van der Waals surface area contributed by atoms with E-state index in [1.807, 2.05) is 18.7 Å². The van der Waals surface area contributed by atoms with E-state index in [4.69, 9.17) is 16.1 Å². The molecule has 2 aliphatic rings. The minimum absolute atomic E-state index is 0.0485. The average Bonchev–Trinajstić information content (AvgIpc) is 3.26. The first-order valence-electron chi connectivity index (χ1n) is 11.3. The molecule has 7 nitrogen and oxygen atoms in total. The maximum absolute atomic E-state index is 13.6. The predicted molar refractivity (Wildman–Crippen MR) is 121 cm³/mol. The summed E-state index contributed by atoms with van der Waals surface area (Å²) in [4.78, 5) is 18.1. The molecular weight excluding hydrogens is 414 g/mol. The topological polar surface area (TPSA) is 67.4 Å². The fraction of sp³-hybridized carbons (Fsp3) is 0.696. The van der Waals surface area contributed by atoms with Crippen molar-refractivity contribution in [2.75, 3.05) is 32.7 Å². The van der Waals surface area contributed by atoms with Crippen LogP contribution in [0.5, 0.6) is 0 Å². The normalized spacial score (nSPS) is 19.1. The molecule has 0 radical (unpaired) electrons. The number of piperidine rings is 1. The van der Waals surface area contributed by atoms with Crippen molar-refractivity contribution in [2.45, 2.75) is 60.4 Å². The van der Waals surface area contributed by atoms with Crippen molar-refractivity contribution in [3.63, 3.8) is 0 Å². The SMILES string of the molecule is CCn1nc(-c2cc(C)on2)c(C(=O)N2CCCC3(CN(CCC(C)(C)C)C3)C2)c1Cl. The van der Waals surface area contributed by atoms with Crippen molar-refractivity contribution < 1.29 is 9.32 Å². The molecule has 8 heteroatoms. The van der Waals surface area contributed by atoms with Crippen molar-refractivity contribution in [1.29, 1.82) is 0 Å². The van der Waals surface area contributed by atoms with Crippen LogP contribution in [-0.4, -0.2) is 63.4 Å². The van der Waals surface area contributed by atoms with E-state index in [-0.39, 0.29) is 11.3 Å². The Balaban J connectivity index is 1.51. The van der Waals surface area contributed by atoms with Crippen LogP contribution >= 0.6 is 11.6 Å². The maximum atomic E-state index is 13.6. The van der Waals surface area contributed by atoms with Gasteiger partial charge in [-0.25, -0.2) is 0 Å². The van der Waals surface area contributed by atoms with Gasteiger partial charge in [0.2, 0.25) is 0 Å². The fourth-order valence-electron chi connectivity index (χ4n) is 4.85. The molecule has 2 aromatic heterocycles. The quantitative estimate of drug-likeness (QED) is 0.675. The highest BCUT2D eigenvalue weighted by molar-refractivity contribution is 6.33. The number of halogens is 1. The Bertz CT molecular complexity index is 952. The first kappa shape index (κ1) is 22.3. The zero-order chi connectivity index (χ0) is 22.4. The highest BCUT2D eigenvalue weighted by Crippen LogP contribution is 2.41. The van der Waals surface area contributed by atoms with Gasteiger partial charge in [-0.15, -0.1) is 0 Å². The third-order valence-corrected chi connectivity index (χ3v) is 6.90. The van der Waals surface area contributed by atoms with Crippen LogP contribution in [0.3, 0.4) is 0 Å². The smallest absolute Gasteiger partial charge is 0.259 e. The molecule has 0 unspecified atom stereocenters. The number of likely N-dealkylation sites (tertiary alicyclic amines) is 2. The summed E-state index contributed by atoms with van der Waals surface area (Å²) in [6, 6.07) is 1.80. The van der Waals surface area contributed by atoms with Crippen LogP contribution in [0.15, 0.2) is 10.6 Å². The number of amides is 1. The summed E-state index contributed by atoms with van der Waals surface area (Å²) in [5.41, 5.74) is 2.07. The van der Waals surface area contributed by atoms with Crippen LogP contribution in [0.4, 0.5) is 0 Å². The van der Waals surface area contributed by atoms with Gasteiger partial charge in [-0.2, -0.15) is 5.10 Å². The first-order valence-corrected chi connectivity index (χ1v) is 11.7. The monoisotopic (exact) mass is 447 g/mol. The van der Waals surface area contributed by atoms with Gasteiger partial charge < -0.3 is 14.3 Å². The summed E-state index contributed by atoms with van der Waals surface area (Å²) in [5.74, 6) is 0.630. The Morgan fingerprint density at radius 3 is 2.65 bits per heavy atom. The lowest BCUT2D eigenvalue weighted by Crippen LogP contribution is -2.63. The minimum Gasteiger partial charge on any atom is -0.361 e. The molecule has 1 amide bonds. The number of hydrogen-bond donors (Lipinski definition) is 0. The van der Waals surface area contributed by atoms with Crippen LogP contribution in [0.1, 0.15) is 63.1 Å². The van der Waals surface area contributed by atoms with Crippen molar-refractivity contribution in [3.8, 4) is 11.4 Å². The second-order valence-corrected chi connectivity index (χ2v) is 10.9. The Morgan fingerprint density at radius 2 is 2.03 bits per heavy atom. The largest absolute Gasteiger partial charge is 0.361 e. The molecule has 0 saturated carbocycles. The summed E-state index contributed by atoms with van der Waals surface area (Å²) in [7, 11) is 0. The third-order valence-electron chi connectivity index (χ3n) is 6.52. The Kier molecular flexibility index (Phi) is 5.94. The van der Waals surface area contributed by atoms with Crippen LogP contribution < -0.4 is 0 Å². The second-order valence-electron chi connectivity index (χ2n) is 10.5. The molecular formula is C23H34ClN5O2. The number of hydrogen-bond acceptors (Lipinski definition) is 5. The van der Waals surface area contributed by atoms with Gasteiger partial charge in [-0.1, -0.05) is 37.5 Å². The standard InChI is InChI=1S/C23H34ClN5O2/c1-6-29-20(24)18(19(25-29)17-12-16(2)31-26-17)21(30)28-10-7-8-23(15-28)13-27(14-23)11-9-22(3,4)5/h12H,6-11,13-15H2,1-5H3. The van der Waals surface area contributed by atoms with E-state index in [9.17, 15) is 4.79 Å². The number of carbonyl (C=O) groups is 1. The molecule has 2 fully saturated rings. The van der Waals surface area contributed by atoms with Gasteiger partial charge in [0.05, 0.1) is 0 Å². The Labute approximate surface area is 189 Å². The molecule has 0 bridgehead atoms. The van der Waals surface area contributed by atoms with Crippen LogP contribution in [-0.2, 0) is 6.54 Å². The number of aryl methyl sites for hydroxylation is 2. The van der Waals surface area contributed by atoms with Gasteiger partial charge in [-0.3, -0.25) is 9.48 Å². The van der Waals surface area contributed by atoms with E-state index in [0.717, 1.165) is 39.1 Å². The van der Waals surface area contributed by atoms with E-state index >= 15 is 0 Å². The lowest BCUT2D eigenvalue weighted by atomic mass is 9.73. The summed E-state index contributed by atoms with van der Waals surface area (Å²) in [6.45, 7) is 16.1. The zero-order valence-electron chi connectivity index (χ0n) is 19.4. The van der Waals surface area contributed by atoms with Gasteiger partial charge in [0.15, 0.2) is 0 Å². The van der Waals surface area contributed by atoms with E-state index in [0.29, 0.717) is 39.8 Å². The molecule has 31 heavy (non-hydrogen) atoms. The van der Waals surface area contributed by atoms with Gasteiger partial charge >= 0.3 is 0 Å². The lowest BCUT2D eigenvalue weighted by molar-refractivity contribution is -0.0507. The second kappa shape index (κ2) is 8.24. The van der Waals surface area contributed by atoms with Gasteiger partial charge in [0.1, 0.15) is 27.9 Å². The van der Waals surface area contributed by atoms with Crippen molar-refractivity contribution in [2.24, 2.45) is 10.8 Å². The van der Waals surface area contributed by atoms with Crippen LogP contribution in [0.25, 0.3) is 11.4 Å². The summed E-state index contributed by atoms with van der Waals surface area (Å²) in [6.07, 6.45) is 3.40. The summed E-state index contributed by atoms with van der Waals surface area (Å²) < 4.78 is 6.89. The van der Waals surface area contributed by atoms with Crippen molar-refractivity contribution >= 4 is 17.5 Å². The summed E-state index contributed by atoms with van der Waals surface area (Å²) in [5, 5.41) is 9.02.